The first-order valence-corrected chi connectivity index (χ1v) is 10.9. The summed E-state index contributed by atoms with van der Waals surface area (Å²) >= 11 is 0. The third-order valence-electron chi connectivity index (χ3n) is 4.44. The van der Waals surface area contributed by atoms with Crippen molar-refractivity contribution < 1.29 is 52.4 Å². The summed E-state index contributed by atoms with van der Waals surface area (Å²) in [6.45, 7) is 2.20. The number of ether oxygens (including phenoxy) is 1. The predicted octanol–water partition coefficient (Wildman–Crippen LogP) is 2.10. The number of hydrogen-bond donors (Lipinski definition) is 1. The summed E-state index contributed by atoms with van der Waals surface area (Å²) in [7, 11) is -4.31. The first-order valence-electron chi connectivity index (χ1n) is 9.45. The summed E-state index contributed by atoms with van der Waals surface area (Å²) in [6, 6.07) is 10.3. The summed E-state index contributed by atoms with van der Waals surface area (Å²) in [5.41, 5.74) is 0.877. The van der Waals surface area contributed by atoms with Crippen molar-refractivity contribution in [1.82, 2.24) is 0 Å². The maximum atomic E-state index is 11.4. The van der Waals surface area contributed by atoms with E-state index in [-0.39, 0.29) is 40.2 Å². The van der Waals surface area contributed by atoms with E-state index >= 15 is 0 Å². The fourth-order valence-corrected chi connectivity index (χ4v) is 3.40. The molecule has 1 N–H and O–H groups in total. The fraction of sp³-hybridized carbons (Fsp3) is 0.429. The van der Waals surface area contributed by atoms with Gasteiger partial charge in [-0.05, 0) is 36.6 Å². The molecule has 0 heterocycles. The molecule has 2 aromatic rings. The van der Waals surface area contributed by atoms with Crippen molar-refractivity contribution in [2.75, 3.05) is 0 Å². The summed E-state index contributed by atoms with van der Waals surface area (Å²) in [6.07, 6.45) is 9.04. The molecule has 148 valence electrons. The van der Waals surface area contributed by atoms with Crippen LogP contribution in [0.15, 0.2) is 47.4 Å². The van der Waals surface area contributed by atoms with E-state index in [0.29, 0.717) is 11.5 Å². The van der Waals surface area contributed by atoms with Gasteiger partial charge in [0, 0.05) is 6.07 Å². The van der Waals surface area contributed by atoms with Crippen LogP contribution in [0.3, 0.4) is 0 Å². The number of rotatable bonds is 11. The normalized spacial score (nSPS) is 11.1. The first-order chi connectivity index (χ1) is 12.9. The average Bonchev–Trinajstić information content (AvgIpc) is 2.63. The molecule has 0 aliphatic carbocycles. The Morgan fingerprint density at radius 3 is 2.14 bits per heavy atom. The molecule has 0 saturated carbocycles. The smallest absolute Gasteiger partial charge is 0.872 e. The molecule has 0 aliphatic rings. The van der Waals surface area contributed by atoms with Crippen molar-refractivity contribution in [1.29, 1.82) is 0 Å². The molecule has 28 heavy (non-hydrogen) atoms. The van der Waals surface area contributed by atoms with Crippen LogP contribution >= 0.6 is 0 Å². The van der Waals surface area contributed by atoms with Crippen LogP contribution in [-0.4, -0.2) is 13.0 Å². The second-order valence-electron chi connectivity index (χ2n) is 6.69. The molecule has 7 heteroatoms. The van der Waals surface area contributed by atoms with Crippen LogP contribution in [0.2, 0.25) is 0 Å². The SMILES string of the molecule is CCCCCCCCCc1ccc(S(=O)(=O)O)cc1Oc1ccc([O-])cc1.[Na+]. The monoisotopic (exact) mass is 414 g/mol. The molecule has 0 aromatic heterocycles. The molecule has 0 unspecified atom stereocenters. The van der Waals surface area contributed by atoms with Crippen LogP contribution in [0, 0.1) is 0 Å². The second kappa shape index (κ2) is 12.5. The third kappa shape index (κ3) is 8.53. The zero-order valence-electron chi connectivity index (χ0n) is 16.7. The Kier molecular flexibility index (Phi) is 11.2. The van der Waals surface area contributed by atoms with E-state index in [2.05, 4.69) is 6.92 Å². The van der Waals surface area contributed by atoms with E-state index in [1.165, 1.54) is 56.4 Å². The topological polar surface area (TPSA) is 86.7 Å². The minimum absolute atomic E-state index is 0. The second-order valence-corrected chi connectivity index (χ2v) is 8.11. The first kappa shape index (κ1) is 25.0. The van der Waals surface area contributed by atoms with Gasteiger partial charge in [0.25, 0.3) is 10.1 Å². The molecular formula is C21H27NaO5S. The molecular weight excluding hydrogens is 387 g/mol. The quantitative estimate of drug-likeness (QED) is 0.346. The number of hydrogen-bond acceptors (Lipinski definition) is 4. The van der Waals surface area contributed by atoms with Crippen molar-refractivity contribution in [3.05, 3.63) is 48.0 Å². The molecule has 0 atom stereocenters. The van der Waals surface area contributed by atoms with Gasteiger partial charge in [-0.25, -0.2) is 0 Å². The van der Waals surface area contributed by atoms with Gasteiger partial charge in [-0.15, -0.1) is 5.75 Å². The van der Waals surface area contributed by atoms with Crippen LogP contribution in [0.4, 0.5) is 0 Å². The molecule has 0 bridgehead atoms. The molecule has 0 aliphatic heterocycles. The van der Waals surface area contributed by atoms with E-state index in [9.17, 15) is 18.1 Å². The van der Waals surface area contributed by atoms with E-state index < -0.39 is 10.1 Å². The molecule has 0 radical (unpaired) electrons. The zero-order chi connectivity index (χ0) is 19.7. The molecule has 2 aromatic carbocycles. The summed E-state index contributed by atoms with van der Waals surface area (Å²) < 4.78 is 38.0. The number of unbranched alkanes of at least 4 members (excludes halogenated alkanes) is 6. The zero-order valence-corrected chi connectivity index (χ0v) is 19.5. The van der Waals surface area contributed by atoms with Crippen molar-refractivity contribution in [2.45, 2.75) is 63.2 Å². The van der Waals surface area contributed by atoms with Crippen molar-refractivity contribution in [3.63, 3.8) is 0 Å². The van der Waals surface area contributed by atoms with Crippen LogP contribution in [0.5, 0.6) is 17.2 Å². The summed E-state index contributed by atoms with van der Waals surface area (Å²) in [5.74, 6) is 0.704. The average molecular weight is 414 g/mol. The van der Waals surface area contributed by atoms with Gasteiger partial charge in [0.2, 0.25) is 0 Å². The number of benzene rings is 2. The largest absolute Gasteiger partial charge is 1.00 e. The summed E-state index contributed by atoms with van der Waals surface area (Å²) in [4.78, 5) is -0.207. The van der Waals surface area contributed by atoms with Crippen molar-refractivity contribution in [2.24, 2.45) is 0 Å². The van der Waals surface area contributed by atoms with Gasteiger partial charge in [0.1, 0.15) is 11.5 Å². The van der Waals surface area contributed by atoms with Crippen LogP contribution in [-0.2, 0) is 16.5 Å². The third-order valence-corrected chi connectivity index (χ3v) is 5.29. The van der Waals surface area contributed by atoms with Gasteiger partial charge < -0.3 is 9.84 Å². The summed E-state index contributed by atoms with van der Waals surface area (Å²) in [5, 5.41) is 11.2. The maximum absolute atomic E-state index is 11.4. The van der Waals surface area contributed by atoms with Gasteiger partial charge in [0.05, 0.1) is 4.90 Å². The van der Waals surface area contributed by atoms with Crippen molar-refractivity contribution >= 4 is 10.1 Å². The Morgan fingerprint density at radius 1 is 0.929 bits per heavy atom. The van der Waals surface area contributed by atoms with Crippen LogP contribution in [0.25, 0.3) is 0 Å². The maximum Gasteiger partial charge on any atom is 1.00 e. The van der Waals surface area contributed by atoms with Gasteiger partial charge in [-0.2, -0.15) is 8.42 Å². The number of aryl methyl sites for hydroxylation is 1. The van der Waals surface area contributed by atoms with Crippen LogP contribution < -0.4 is 39.4 Å². The Balaban J connectivity index is 0.00000392. The molecule has 0 amide bonds. The van der Waals surface area contributed by atoms with Gasteiger partial charge in [-0.1, -0.05) is 63.6 Å². The van der Waals surface area contributed by atoms with E-state index in [1.807, 2.05) is 0 Å². The van der Waals surface area contributed by atoms with Gasteiger partial charge in [-0.3, -0.25) is 4.55 Å². The molecule has 5 nitrogen and oxygen atoms in total. The Labute approximate surface area is 190 Å². The van der Waals surface area contributed by atoms with Crippen molar-refractivity contribution in [3.8, 4) is 17.2 Å². The molecule has 2 rings (SSSR count). The van der Waals surface area contributed by atoms with Crippen LogP contribution in [0.1, 0.15) is 57.4 Å². The Hall–Kier alpha value is -1.05. The minimum atomic E-state index is -4.31. The Bertz CT molecular complexity index is 819. The standard InChI is InChI=1S/C21H28O5S.Na/c1-2-3-4-5-6-7-8-9-17-10-15-20(27(23,24)25)16-21(17)26-19-13-11-18(22)12-14-19;/h10-16,22H,2-9H2,1H3,(H,23,24,25);/q;+1/p-1. The van der Waals surface area contributed by atoms with E-state index in [0.717, 1.165) is 24.8 Å². The minimum Gasteiger partial charge on any atom is -0.872 e. The molecule has 0 saturated heterocycles. The van der Waals surface area contributed by atoms with Gasteiger partial charge >= 0.3 is 29.6 Å². The Morgan fingerprint density at radius 2 is 1.54 bits per heavy atom. The molecule has 0 spiro atoms. The fourth-order valence-electron chi connectivity index (χ4n) is 2.90. The van der Waals surface area contributed by atoms with Gasteiger partial charge in [0.15, 0.2) is 0 Å². The van der Waals surface area contributed by atoms with E-state index in [4.69, 9.17) is 4.74 Å². The molecule has 0 fully saturated rings. The van der Waals surface area contributed by atoms with E-state index in [1.54, 1.807) is 18.2 Å². The predicted molar refractivity (Wildman–Crippen MR) is 104 cm³/mol.